The zero-order valence-electron chi connectivity index (χ0n) is 15.6. The van der Waals surface area contributed by atoms with Crippen LogP contribution < -0.4 is 15.1 Å². The maximum Gasteiger partial charge on any atom is 0.276 e. The highest BCUT2D eigenvalue weighted by atomic mass is 19.1. The first-order valence-electron chi connectivity index (χ1n) is 9.26. The first-order valence-corrected chi connectivity index (χ1v) is 9.26. The predicted molar refractivity (Wildman–Crippen MR) is 107 cm³/mol. The normalized spacial score (nSPS) is 14.0. The van der Waals surface area contributed by atoms with Gasteiger partial charge in [-0.15, -0.1) is 10.2 Å². The largest absolute Gasteiger partial charge is 0.368 e. The van der Waals surface area contributed by atoms with E-state index in [0.717, 1.165) is 38.3 Å². The number of piperazine rings is 1. The van der Waals surface area contributed by atoms with Gasteiger partial charge in [0.1, 0.15) is 17.3 Å². The van der Waals surface area contributed by atoms with Crippen LogP contribution in [-0.4, -0.2) is 42.3 Å². The molecule has 0 aliphatic carbocycles. The quantitative estimate of drug-likeness (QED) is 0.734. The molecular formula is C21H19F2N5O. The molecule has 1 fully saturated rings. The van der Waals surface area contributed by atoms with Crippen molar-refractivity contribution in [3.05, 3.63) is 78.0 Å². The molecule has 1 saturated heterocycles. The van der Waals surface area contributed by atoms with Gasteiger partial charge >= 0.3 is 0 Å². The van der Waals surface area contributed by atoms with Crippen LogP contribution in [0.1, 0.15) is 10.5 Å². The minimum absolute atomic E-state index is 0.0145. The fraction of sp³-hybridized carbons (Fsp3) is 0.190. The average Bonchev–Trinajstić information content (AvgIpc) is 2.77. The summed E-state index contributed by atoms with van der Waals surface area (Å²) in [6, 6.07) is 16.8. The van der Waals surface area contributed by atoms with Crippen LogP contribution in [0.4, 0.5) is 26.0 Å². The van der Waals surface area contributed by atoms with Crippen molar-refractivity contribution in [2.75, 3.05) is 41.3 Å². The maximum absolute atomic E-state index is 13.7. The third-order valence-corrected chi connectivity index (χ3v) is 4.81. The minimum Gasteiger partial charge on any atom is -0.368 e. The van der Waals surface area contributed by atoms with Crippen molar-refractivity contribution in [3.8, 4) is 0 Å². The van der Waals surface area contributed by atoms with Crippen molar-refractivity contribution in [2.45, 2.75) is 0 Å². The number of halogens is 2. The van der Waals surface area contributed by atoms with E-state index < -0.39 is 23.2 Å². The second-order valence-electron chi connectivity index (χ2n) is 6.64. The average molecular weight is 395 g/mol. The van der Waals surface area contributed by atoms with Gasteiger partial charge in [0, 0.05) is 31.9 Å². The molecule has 1 aliphatic heterocycles. The van der Waals surface area contributed by atoms with Gasteiger partial charge in [-0.25, -0.2) is 8.78 Å². The van der Waals surface area contributed by atoms with E-state index in [9.17, 15) is 13.6 Å². The van der Waals surface area contributed by atoms with Crippen molar-refractivity contribution >= 4 is 23.1 Å². The van der Waals surface area contributed by atoms with Crippen molar-refractivity contribution in [2.24, 2.45) is 0 Å². The molecule has 1 aromatic heterocycles. The summed E-state index contributed by atoms with van der Waals surface area (Å²) in [6.07, 6.45) is 0. The summed E-state index contributed by atoms with van der Waals surface area (Å²) in [5.74, 6) is -1.76. The number of nitrogens with zero attached hydrogens (tertiary/aromatic N) is 4. The molecule has 0 atom stereocenters. The number of amides is 1. The minimum atomic E-state index is -0.848. The first kappa shape index (κ1) is 18.8. The number of hydrogen-bond acceptors (Lipinski definition) is 5. The van der Waals surface area contributed by atoms with Gasteiger partial charge < -0.3 is 15.1 Å². The molecule has 2 heterocycles. The Bertz CT molecular complexity index is 969. The molecule has 0 radical (unpaired) electrons. The van der Waals surface area contributed by atoms with E-state index in [1.807, 2.05) is 18.2 Å². The van der Waals surface area contributed by atoms with E-state index in [-0.39, 0.29) is 5.69 Å². The monoisotopic (exact) mass is 395 g/mol. The summed E-state index contributed by atoms with van der Waals surface area (Å²) in [4.78, 5) is 16.6. The summed E-state index contributed by atoms with van der Waals surface area (Å²) in [7, 11) is 0. The smallest absolute Gasteiger partial charge is 0.276 e. The number of rotatable bonds is 4. The molecule has 0 bridgehead atoms. The van der Waals surface area contributed by atoms with Crippen LogP contribution in [-0.2, 0) is 0 Å². The maximum atomic E-state index is 13.7. The Morgan fingerprint density at radius 3 is 2.07 bits per heavy atom. The molecule has 1 N–H and O–H groups in total. The number of carbonyl (C=O) groups excluding carboxylic acids is 1. The standard InChI is InChI=1S/C21H19F2N5O/c22-16-7-4-8-17(23)20(16)24-21(29)18-9-10-19(26-25-18)28-13-11-27(12-14-28)15-5-2-1-3-6-15/h1-10H,11-14H2,(H,24,29). The summed E-state index contributed by atoms with van der Waals surface area (Å²) in [5.41, 5.74) is 0.672. The molecule has 148 valence electrons. The second kappa shape index (κ2) is 8.22. The molecule has 8 heteroatoms. The molecule has 0 unspecified atom stereocenters. The van der Waals surface area contributed by atoms with Gasteiger partial charge in [0.25, 0.3) is 5.91 Å². The Hall–Kier alpha value is -3.55. The van der Waals surface area contributed by atoms with E-state index in [1.54, 1.807) is 6.07 Å². The topological polar surface area (TPSA) is 61.4 Å². The predicted octanol–water partition coefficient (Wildman–Crippen LogP) is 3.33. The number of benzene rings is 2. The van der Waals surface area contributed by atoms with Crippen molar-refractivity contribution < 1.29 is 13.6 Å². The van der Waals surface area contributed by atoms with E-state index in [2.05, 4.69) is 37.4 Å². The fourth-order valence-electron chi connectivity index (χ4n) is 3.24. The third kappa shape index (κ3) is 4.16. The Morgan fingerprint density at radius 1 is 0.793 bits per heavy atom. The van der Waals surface area contributed by atoms with Crippen molar-refractivity contribution in [3.63, 3.8) is 0 Å². The number of aromatic nitrogens is 2. The van der Waals surface area contributed by atoms with Crippen LogP contribution in [0.3, 0.4) is 0 Å². The Balaban J connectivity index is 1.39. The number of para-hydroxylation sites is 2. The van der Waals surface area contributed by atoms with Gasteiger partial charge in [-0.1, -0.05) is 24.3 Å². The fourth-order valence-corrected chi connectivity index (χ4v) is 3.24. The lowest BCUT2D eigenvalue weighted by Gasteiger charge is -2.36. The lowest BCUT2D eigenvalue weighted by atomic mass is 10.2. The molecule has 29 heavy (non-hydrogen) atoms. The van der Waals surface area contributed by atoms with Crippen molar-refractivity contribution in [1.29, 1.82) is 0 Å². The van der Waals surface area contributed by atoms with Crippen LogP contribution in [0.2, 0.25) is 0 Å². The van der Waals surface area contributed by atoms with Crippen LogP contribution >= 0.6 is 0 Å². The van der Waals surface area contributed by atoms with E-state index in [0.29, 0.717) is 5.82 Å². The number of carbonyl (C=O) groups is 1. The number of hydrogen-bond donors (Lipinski definition) is 1. The molecule has 1 aliphatic rings. The lowest BCUT2D eigenvalue weighted by molar-refractivity contribution is 0.102. The van der Waals surface area contributed by atoms with E-state index in [4.69, 9.17) is 0 Å². The Morgan fingerprint density at radius 2 is 1.45 bits per heavy atom. The van der Waals surface area contributed by atoms with Gasteiger partial charge in [-0.05, 0) is 36.4 Å². The van der Waals surface area contributed by atoms with Gasteiger partial charge in [0.05, 0.1) is 0 Å². The molecule has 0 spiro atoms. The number of anilines is 3. The third-order valence-electron chi connectivity index (χ3n) is 4.81. The summed E-state index contributed by atoms with van der Waals surface area (Å²) in [5, 5.41) is 10.2. The van der Waals surface area contributed by atoms with E-state index in [1.165, 1.54) is 17.8 Å². The highest BCUT2D eigenvalue weighted by Crippen LogP contribution is 2.20. The highest BCUT2D eigenvalue weighted by Gasteiger charge is 2.20. The SMILES string of the molecule is O=C(Nc1c(F)cccc1F)c1ccc(N2CCN(c3ccccc3)CC2)nn1. The van der Waals surface area contributed by atoms with Gasteiger partial charge in [-0.2, -0.15) is 0 Å². The molecular weight excluding hydrogens is 376 g/mol. The van der Waals surface area contributed by atoms with Gasteiger partial charge in [0.2, 0.25) is 0 Å². The van der Waals surface area contributed by atoms with Gasteiger partial charge in [-0.3, -0.25) is 4.79 Å². The molecule has 2 aromatic carbocycles. The summed E-state index contributed by atoms with van der Waals surface area (Å²) >= 11 is 0. The summed E-state index contributed by atoms with van der Waals surface area (Å²) in [6.45, 7) is 3.24. The number of nitrogens with one attached hydrogen (secondary N) is 1. The van der Waals surface area contributed by atoms with Crippen LogP contribution in [0.15, 0.2) is 60.7 Å². The molecule has 0 saturated carbocycles. The van der Waals surface area contributed by atoms with Crippen LogP contribution in [0.5, 0.6) is 0 Å². The molecule has 6 nitrogen and oxygen atoms in total. The lowest BCUT2D eigenvalue weighted by Crippen LogP contribution is -2.46. The first-order chi connectivity index (χ1) is 14.1. The molecule has 4 rings (SSSR count). The van der Waals surface area contributed by atoms with Crippen LogP contribution in [0.25, 0.3) is 0 Å². The molecule has 1 amide bonds. The molecule has 3 aromatic rings. The second-order valence-corrected chi connectivity index (χ2v) is 6.64. The Kier molecular flexibility index (Phi) is 5.33. The Labute approximate surface area is 166 Å². The van der Waals surface area contributed by atoms with E-state index >= 15 is 0 Å². The summed E-state index contributed by atoms with van der Waals surface area (Å²) < 4.78 is 27.4. The van der Waals surface area contributed by atoms with Crippen LogP contribution in [0, 0.1) is 11.6 Å². The zero-order chi connectivity index (χ0) is 20.2. The highest BCUT2D eigenvalue weighted by molar-refractivity contribution is 6.02. The van der Waals surface area contributed by atoms with Gasteiger partial charge in [0.15, 0.2) is 11.5 Å². The van der Waals surface area contributed by atoms with Crippen molar-refractivity contribution in [1.82, 2.24) is 10.2 Å². The zero-order valence-corrected chi connectivity index (χ0v) is 15.6.